The van der Waals surface area contributed by atoms with Crippen LogP contribution in [0.1, 0.15) is 20.8 Å². The highest BCUT2D eigenvalue weighted by molar-refractivity contribution is 5.76. The summed E-state index contributed by atoms with van der Waals surface area (Å²) in [6.07, 6.45) is 0. The van der Waals surface area contributed by atoms with Gasteiger partial charge in [0.15, 0.2) is 0 Å². The SMILES string of the molecule is CCN(CC(C)C(=O)O)C(=O)N(C)C(C)CO. The smallest absolute Gasteiger partial charge is 0.320 e. The van der Waals surface area contributed by atoms with Crippen LogP contribution in [0.4, 0.5) is 4.79 Å². The van der Waals surface area contributed by atoms with Gasteiger partial charge in [0, 0.05) is 20.1 Å². The van der Waals surface area contributed by atoms with Crippen molar-refractivity contribution < 1.29 is 19.8 Å². The maximum Gasteiger partial charge on any atom is 0.320 e. The molecule has 2 N–H and O–H groups in total. The van der Waals surface area contributed by atoms with E-state index in [0.717, 1.165) is 0 Å². The van der Waals surface area contributed by atoms with E-state index in [9.17, 15) is 9.59 Å². The topological polar surface area (TPSA) is 81.1 Å². The van der Waals surface area contributed by atoms with E-state index < -0.39 is 11.9 Å². The van der Waals surface area contributed by atoms with E-state index in [1.807, 2.05) is 0 Å². The van der Waals surface area contributed by atoms with Gasteiger partial charge in [-0.15, -0.1) is 0 Å². The van der Waals surface area contributed by atoms with Gasteiger partial charge in [-0.05, 0) is 13.8 Å². The number of aliphatic carboxylic acids is 1. The van der Waals surface area contributed by atoms with Gasteiger partial charge in [-0.1, -0.05) is 6.92 Å². The van der Waals surface area contributed by atoms with Gasteiger partial charge >= 0.3 is 12.0 Å². The molecule has 2 atom stereocenters. The summed E-state index contributed by atoms with van der Waals surface area (Å²) >= 11 is 0. The Morgan fingerprint density at radius 1 is 1.29 bits per heavy atom. The maximum atomic E-state index is 12.0. The van der Waals surface area contributed by atoms with Crippen molar-refractivity contribution in [1.29, 1.82) is 0 Å². The molecule has 0 saturated heterocycles. The molecule has 0 aliphatic heterocycles. The number of carbonyl (C=O) groups excluding carboxylic acids is 1. The molecule has 0 bridgehead atoms. The number of carboxylic acid groups (broad SMARTS) is 1. The zero-order chi connectivity index (χ0) is 13.6. The van der Waals surface area contributed by atoms with Crippen LogP contribution in [0.2, 0.25) is 0 Å². The van der Waals surface area contributed by atoms with Gasteiger partial charge in [0.25, 0.3) is 0 Å². The summed E-state index contributed by atoms with van der Waals surface area (Å²) in [7, 11) is 1.59. The number of carboxylic acids is 1. The first-order valence-corrected chi connectivity index (χ1v) is 5.70. The van der Waals surface area contributed by atoms with E-state index in [0.29, 0.717) is 6.54 Å². The standard InChI is InChI=1S/C11H22N2O4/c1-5-13(6-8(2)10(15)16)11(17)12(4)9(3)7-14/h8-9,14H,5-7H2,1-4H3,(H,15,16). The molecule has 0 aromatic heterocycles. The lowest BCUT2D eigenvalue weighted by Crippen LogP contribution is -2.48. The first kappa shape index (κ1) is 15.7. The van der Waals surface area contributed by atoms with Crippen molar-refractivity contribution in [3.63, 3.8) is 0 Å². The Hall–Kier alpha value is -1.30. The summed E-state index contributed by atoms with van der Waals surface area (Å²) in [5.74, 6) is -1.52. The molecular weight excluding hydrogens is 224 g/mol. The molecular formula is C11H22N2O4. The largest absolute Gasteiger partial charge is 0.481 e. The molecule has 0 rings (SSSR count). The molecule has 0 aliphatic rings. The molecule has 2 amide bonds. The third-order valence-electron chi connectivity index (χ3n) is 2.80. The number of hydrogen-bond donors (Lipinski definition) is 2. The van der Waals surface area contributed by atoms with E-state index in [4.69, 9.17) is 10.2 Å². The molecule has 0 spiro atoms. The number of aliphatic hydroxyl groups is 1. The third-order valence-corrected chi connectivity index (χ3v) is 2.80. The highest BCUT2D eigenvalue weighted by Crippen LogP contribution is 2.06. The van der Waals surface area contributed by atoms with Gasteiger partial charge in [0.05, 0.1) is 18.6 Å². The van der Waals surface area contributed by atoms with Crippen molar-refractivity contribution in [2.45, 2.75) is 26.8 Å². The predicted octanol–water partition coefficient (Wildman–Crippen LogP) is 0.462. The number of aliphatic hydroxyl groups excluding tert-OH is 1. The Kier molecular flexibility index (Phi) is 6.57. The van der Waals surface area contributed by atoms with E-state index in [-0.39, 0.29) is 25.2 Å². The molecule has 0 saturated carbocycles. The van der Waals surface area contributed by atoms with Crippen LogP contribution < -0.4 is 0 Å². The average molecular weight is 246 g/mol. The molecule has 6 heteroatoms. The summed E-state index contributed by atoms with van der Waals surface area (Å²) in [6.45, 7) is 5.59. The molecule has 0 radical (unpaired) electrons. The van der Waals surface area contributed by atoms with Gasteiger partial charge in [-0.25, -0.2) is 4.79 Å². The molecule has 6 nitrogen and oxygen atoms in total. The maximum absolute atomic E-state index is 12.0. The number of urea groups is 1. The minimum atomic E-state index is -0.922. The lowest BCUT2D eigenvalue weighted by Gasteiger charge is -2.31. The van der Waals surface area contributed by atoms with Crippen molar-refractivity contribution in [2.75, 3.05) is 26.7 Å². The van der Waals surface area contributed by atoms with E-state index in [1.165, 1.54) is 9.80 Å². The van der Waals surface area contributed by atoms with Gasteiger partial charge in [-0.3, -0.25) is 4.79 Å². The molecule has 0 fully saturated rings. The Morgan fingerprint density at radius 3 is 2.18 bits per heavy atom. The lowest BCUT2D eigenvalue weighted by molar-refractivity contribution is -0.141. The summed E-state index contributed by atoms with van der Waals surface area (Å²) in [5.41, 5.74) is 0. The van der Waals surface area contributed by atoms with Crippen LogP contribution in [0.3, 0.4) is 0 Å². The number of amides is 2. The van der Waals surface area contributed by atoms with E-state index >= 15 is 0 Å². The summed E-state index contributed by atoms with van der Waals surface area (Å²) in [5, 5.41) is 17.8. The lowest BCUT2D eigenvalue weighted by atomic mass is 10.2. The van der Waals surface area contributed by atoms with Crippen LogP contribution in [0, 0.1) is 5.92 Å². The molecule has 0 aromatic rings. The quantitative estimate of drug-likeness (QED) is 0.713. The van der Waals surface area contributed by atoms with Crippen LogP contribution in [0.5, 0.6) is 0 Å². The van der Waals surface area contributed by atoms with Gasteiger partial charge < -0.3 is 20.0 Å². The highest BCUT2D eigenvalue weighted by atomic mass is 16.4. The van der Waals surface area contributed by atoms with Crippen LogP contribution in [0.15, 0.2) is 0 Å². The summed E-state index contributed by atoms with van der Waals surface area (Å²) in [6, 6.07) is -0.543. The van der Waals surface area contributed by atoms with Crippen molar-refractivity contribution in [2.24, 2.45) is 5.92 Å². The zero-order valence-electron chi connectivity index (χ0n) is 10.9. The molecule has 17 heavy (non-hydrogen) atoms. The summed E-state index contributed by atoms with van der Waals surface area (Å²) in [4.78, 5) is 25.6. The second-order valence-electron chi connectivity index (χ2n) is 4.20. The summed E-state index contributed by atoms with van der Waals surface area (Å²) < 4.78 is 0. The normalized spacial score (nSPS) is 13.9. The number of nitrogens with zero attached hydrogens (tertiary/aromatic N) is 2. The Labute approximate surface area is 102 Å². The minimum absolute atomic E-state index is 0.117. The second-order valence-corrected chi connectivity index (χ2v) is 4.20. The number of rotatable bonds is 6. The average Bonchev–Trinajstić information content (AvgIpc) is 2.32. The van der Waals surface area contributed by atoms with E-state index in [2.05, 4.69) is 0 Å². The van der Waals surface area contributed by atoms with Crippen molar-refractivity contribution in [3.05, 3.63) is 0 Å². The van der Waals surface area contributed by atoms with Crippen LogP contribution in [0.25, 0.3) is 0 Å². The van der Waals surface area contributed by atoms with Crippen molar-refractivity contribution in [1.82, 2.24) is 9.80 Å². The molecule has 100 valence electrons. The molecule has 0 aliphatic carbocycles. The Balaban J connectivity index is 4.55. The number of likely N-dealkylation sites (N-methyl/N-ethyl adjacent to an activating group) is 1. The van der Waals surface area contributed by atoms with E-state index in [1.54, 1.807) is 27.8 Å². The van der Waals surface area contributed by atoms with Crippen LogP contribution in [-0.2, 0) is 4.79 Å². The van der Waals surface area contributed by atoms with Crippen LogP contribution >= 0.6 is 0 Å². The first-order chi connectivity index (χ1) is 7.84. The fourth-order valence-electron chi connectivity index (χ4n) is 1.29. The molecule has 0 aromatic carbocycles. The fourth-order valence-corrected chi connectivity index (χ4v) is 1.29. The Bertz CT molecular complexity index is 270. The highest BCUT2D eigenvalue weighted by Gasteiger charge is 2.23. The second kappa shape index (κ2) is 7.11. The molecule has 2 unspecified atom stereocenters. The monoisotopic (exact) mass is 246 g/mol. The predicted molar refractivity (Wildman–Crippen MR) is 63.8 cm³/mol. The van der Waals surface area contributed by atoms with Crippen molar-refractivity contribution in [3.8, 4) is 0 Å². The van der Waals surface area contributed by atoms with Gasteiger partial charge in [-0.2, -0.15) is 0 Å². The minimum Gasteiger partial charge on any atom is -0.481 e. The molecule has 0 heterocycles. The fraction of sp³-hybridized carbons (Fsp3) is 0.818. The Morgan fingerprint density at radius 2 is 1.82 bits per heavy atom. The van der Waals surface area contributed by atoms with Crippen molar-refractivity contribution >= 4 is 12.0 Å². The number of hydrogen-bond acceptors (Lipinski definition) is 3. The first-order valence-electron chi connectivity index (χ1n) is 5.70. The number of carbonyl (C=O) groups is 2. The van der Waals surface area contributed by atoms with Gasteiger partial charge in [0.1, 0.15) is 0 Å². The van der Waals surface area contributed by atoms with Gasteiger partial charge in [0.2, 0.25) is 0 Å². The zero-order valence-corrected chi connectivity index (χ0v) is 10.9. The van der Waals surface area contributed by atoms with Crippen LogP contribution in [-0.4, -0.2) is 64.8 Å². The third kappa shape index (κ3) is 4.60.